The molecule has 3 aromatic rings. The predicted molar refractivity (Wildman–Crippen MR) is 171 cm³/mol. The van der Waals surface area contributed by atoms with Gasteiger partial charge in [-0.1, -0.05) is 63.4 Å². The van der Waals surface area contributed by atoms with Gasteiger partial charge in [0.1, 0.15) is 11.4 Å². The number of hydroxylamine groups is 2. The van der Waals surface area contributed by atoms with E-state index in [0.29, 0.717) is 36.1 Å². The van der Waals surface area contributed by atoms with Crippen LogP contribution in [0.5, 0.6) is 0 Å². The standard InChI is InChI=1S/C35H43N3O8/c1-6-8-10-15-27(28(7-2)38(23-39)46-34(43)25-13-11-9-12-14-25)31(40)36-22-37-32(41)30-21-20-29(44-30)24-16-18-26(19-17-24)33(42)45-35(3,4)5/h9,11-14,16-21,23,27-28H,6-8,10,15,22H2,1-5H3,(H,36,40)(H,37,41)/t27-,28-/m1/s1. The lowest BCUT2D eigenvalue weighted by Crippen LogP contribution is -2.49. The summed E-state index contributed by atoms with van der Waals surface area (Å²) < 4.78 is 11.1. The third-order valence-electron chi connectivity index (χ3n) is 7.11. The first-order valence-electron chi connectivity index (χ1n) is 15.5. The van der Waals surface area contributed by atoms with Gasteiger partial charge in [-0.25, -0.2) is 9.59 Å². The monoisotopic (exact) mass is 633 g/mol. The van der Waals surface area contributed by atoms with Crippen molar-refractivity contribution >= 4 is 30.2 Å². The van der Waals surface area contributed by atoms with E-state index < -0.39 is 41.3 Å². The highest BCUT2D eigenvalue weighted by Crippen LogP contribution is 2.24. The Morgan fingerprint density at radius 2 is 1.54 bits per heavy atom. The average molecular weight is 634 g/mol. The quantitative estimate of drug-likeness (QED) is 0.0651. The lowest BCUT2D eigenvalue weighted by Gasteiger charge is -2.31. The number of rotatable bonds is 16. The number of hydrogen-bond acceptors (Lipinski definition) is 8. The van der Waals surface area contributed by atoms with Crippen LogP contribution in [0, 0.1) is 5.92 Å². The van der Waals surface area contributed by atoms with Crippen molar-refractivity contribution in [3.05, 3.63) is 83.6 Å². The minimum atomic E-state index is -0.716. The highest BCUT2D eigenvalue weighted by Gasteiger charge is 2.33. The Bertz CT molecular complexity index is 1460. The Kier molecular flexibility index (Phi) is 13.1. The minimum absolute atomic E-state index is 0.0337. The molecule has 0 saturated heterocycles. The van der Waals surface area contributed by atoms with Crippen LogP contribution in [-0.4, -0.2) is 53.5 Å². The van der Waals surface area contributed by atoms with E-state index in [0.717, 1.165) is 24.3 Å². The van der Waals surface area contributed by atoms with Crippen LogP contribution in [0.2, 0.25) is 0 Å². The van der Waals surface area contributed by atoms with Crippen molar-refractivity contribution in [2.24, 2.45) is 5.92 Å². The molecule has 0 spiro atoms. The summed E-state index contributed by atoms with van der Waals surface area (Å²) in [5.74, 6) is -2.32. The third kappa shape index (κ3) is 10.3. The fraction of sp³-hybridized carbons (Fsp3) is 0.400. The van der Waals surface area contributed by atoms with Gasteiger partial charge in [0.15, 0.2) is 5.76 Å². The summed E-state index contributed by atoms with van der Waals surface area (Å²) in [7, 11) is 0. The second kappa shape index (κ2) is 17.0. The Hall–Kier alpha value is -4.93. The number of esters is 1. The van der Waals surface area contributed by atoms with E-state index in [9.17, 15) is 24.0 Å². The molecule has 3 rings (SSSR count). The number of nitrogens with one attached hydrogen (secondary N) is 2. The number of hydrogen-bond donors (Lipinski definition) is 2. The molecule has 1 heterocycles. The maximum Gasteiger partial charge on any atom is 0.363 e. The van der Waals surface area contributed by atoms with E-state index in [1.807, 2.05) is 6.92 Å². The average Bonchev–Trinajstić information content (AvgIpc) is 3.54. The zero-order valence-corrected chi connectivity index (χ0v) is 27.0. The van der Waals surface area contributed by atoms with Gasteiger partial charge in [-0.3, -0.25) is 14.4 Å². The van der Waals surface area contributed by atoms with E-state index in [1.165, 1.54) is 6.07 Å². The van der Waals surface area contributed by atoms with Crippen molar-refractivity contribution in [2.75, 3.05) is 6.67 Å². The summed E-state index contributed by atoms with van der Waals surface area (Å²) in [4.78, 5) is 68.5. The van der Waals surface area contributed by atoms with Crippen molar-refractivity contribution in [1.29, 1.82) is 0 Å². The lowest BCUT2D eigenvalue weighted by atomic mass is 9.90. The first-order valence-corrected chi connectivity index (χ1v) is 15.5. The van der Waals surface area contributed by atoms with Crippen LogP contribution in [0.4, 0.5) is 0 Å². The Morgan fingerprint density at radius 1 is 0.870 bits per heavy atom. The number of furan rings is 1. The van der Waals surface area contributed by atoms with Gasteiger partial charge < -0.3 is 24.6 Å². The number of carbonyl (C=O) groups excluding carboxylic acids is 5. The number of amides is 3. The van der Waals surface area contributed by atoms with Gasteiger partial charge in [0, 0.05) is 5.56 Å². The van der Waals surface area contributed by atoms with Gasteiger partial charge in [0.25, 0.3) is 5.91 Å². The molecule has 2 aromatic carbocycles. The summed E-state index contributed by atoms with van der Waals surface area (Å²) in [5.41, 5.74) is 0.716. The van der Waals surface area contributed by atoms with E-state index in [2.05, 4.69) is 10.6 Å². The number of nitrogens with zero attached hydrogens (tertiary/aromatic N) is 1. The van der Waals surface area contributed by atoms with E-state index in [4.69, 9.17) is 14.0 Å². The van der Waals surface area contributed by atoms with Crippen molar-refractivity contribution in [3.8, 4) is 11.3 Å². The molecule has 3 amide bonds. The summed E-state index contributed by atoms with van der Waals surface area (Å²) >= 11 is 0. The van der Waals surface area contributed by atoms with Crippen LogP contribution >= 0.6 is 0 Å². The fourth-order valence-electron chi connectivity index (χ4n) is 4.80. The second-order valence-corrected chi connectivity index (χ2v) is 11.8. The second-order valence-electron chi connectivity index (χ2n) is 11.8. The van der Waals surface area contributed by atoms with Crippen LogP contribution in [0.3, 0.4) is 0 Å². The number of unbranched alkanes of at least 4 members (excludes halogenated alkanes) is 2. The molecule has 0 fully saturated rings. The van der Waals surface area contributed by atoms with E-state index >= 15 is 0 Å². The van der Waals surface area contributed by atoms with Gasteiger partial charge in [-0.2, -0.15) is 5.06 Å². The molecule has 11 nitrogen and oxygen atoms in total. The molecule has 2 N–H and O–H groups in total. The largest absolute Gasteiger partial charge is 0.456 e. The Morgan fingerprint density at radius 3 is 2.15 bits per heavy atom. The van der Waals surface area contributed by atoms with Crippen LogP contribution < -0.4 is 10.6 Å². The molecule has 46 heavy (non-hydrogen) atoms. The summed E-state index contributed by atoms with van der Waals surface area (Å²) in [5, 5.41) is 6.25. The maximum absolute atomic E-state index is 13.4. The van der Waals surface area contributed by atoms with Crippen molar-refractivity contribution in [2.45, 2.75) is 78.4 Å². The molecule has 246 valence electrons. The van der Waals surface area contributed by atoms with Crippen LogP contribution in [0.1, 0.15) is 98.0 Å². The Labute approximate surface area is 269 Å². The molecule has 0 saturated carbocycles. The van der Waals surface area contributed by atoms with Crippen LogP contribution in [-0.2, 0) is 19.2 Å². The molecule has 0 bridgehead atoms. The molecule has 0 aliphatic rings. The fourth-order valence-corrected chi connectivity index (χ4v) is 4.80. The van der Waals surface area contributed by atoms with E-state index in [-0.39, 0.29) is 18.0 Å². The molecule has 11 heteroatoms. The summed E-state index contributed by atoms with van der Waals surface area (Å²) in [6.45, 7) is 9.04. The zero-order chi connectivity index (χ0) is 33.7. The number of benzene rings is 2. The van der Waals surface area contributed by atoms with Crippen molar-refractivity contribution in [1.82, 2.24) is 15.7 Å². The first-order chi connectivity index (χ1) is 22.0. The normalized spacial score (nSPS) is 12.4. The van der Waals surface area contributed by atoms with Gasteiger partial charge >= 0.3 is 11.9 Å². The molecule has 0 unspecified atom stereocenters. The first kappa shape index (κ1) is 35.5. The van der Waals surface area contributed by atoms with Crippen LogP contribution in [0.15, 0.2) is 71.1 Å². The molecule has 0 aliphatic heterocycles. The Balaban J connectivity index is 1.61. The lowest BCUT2D eigenvalue weighted by molar-refractivity contribution is -0.171. The molecular formula is C35H43N3O8. The molecule has 2 atom stereocenters. The number of carbonyl (C=O) groups is 5. The van der Waals surface area contributed by atoms with Gasteiger partial charge in [0.2, 0.25) is 12.3 Å². The third-order valence-corrected chi connectivity index (χ3v) is 7.11. The summed E-state index contributed by atoms with van der Waals surface area (Å²) in [6, 6.07) is 17.3. The zero-order valence-electron chi connectivity index (χ0n) is 27.0. The summed E-state index contributed by atoms with van der Waals surface area (Å²) in [6.07, 6.45) is 3.76. The predicted octanol–water partition coefficient (Wildman–Crippen LogP) is 5.91. The molecular weight excluding hydrogens is 590 g/mol. The highest BCUT2D eigenvalue weighted by atomic mass is 16.7. The molecule has 0 aliphatic carbocycles. The van der Waals surface area contributed by atoms with E-state index in [1.54, 1.807) is 88.4 Å². The van der Waals surface area contributed by atoms with Gasteiger partial charge in [0.05, 0.1) is 29.8 Å². The maximum atomic E-state index is 13.4. The van der Waals surface area contributed by atoms with Crippen molar-refractivity contribution in [3.63, 3.8) is 0 Å². The SMILES string of the molecule is CCCCC[C@@H](C(=O)NCNC(=O)c1ccc(-c2ccc(C(=O)OC(C)(C)C)cc2)o1)[C@@H](CC)N(C=O)OC(=O)c1ccccc1. The number of ether oxygens (including phenoxy) is 1. The van der Waals surface area contributed by atoms with Gasteiger partial charge in [-0.15, -0.1) is 0 Å². The van der Waals surface area contributed by atoms with Gasteiger partial charge in [-0.05, 0) is 70.0 Å². The minimum Gasteiger partial charge on any atom is -0.456 e. The van der Waals surface area contributed by atoms with Crippen molar-refractivity contribution < 1.29 is 38.0 Å². The highest BCUT2D eigenvalue weighted by molar-refractivity contribution is 5.93. The smallest absolute Gasteiger partial charge is 0.363 e. The molecule has 1 aromatic heterocycles. The van der Waals surface area contributed by atoms with Crippen LogP contribution in [0.25, 0.3) is 11.3 Å². The molecule has 0 radical (unpaired) electrons. The topological polar surface area (TPSA) is 144 Å².